The third-order valence-corrected chi connectivity index (χ3v) is 7.59. The molecule has 1 heterocycles. The molecule has 23 heavy (non-hydrogen) atoms. The number of ether oxygens (including phenoxy) is 3. The van der Waals surface area contributed by atoms with Crippen LogP contribution < -0.4 is 0 Å². The second-order valence-electron chi connectivity index (χ2n) is 6.60. The molecule has 0 aromatic heterocycles. The molecule has 130 valence electrons. The van der Waals surface area contributed by atoms with Gasteiger partial charge in [-0.3, -0.25) is 0 Å². The van der Waals surface area contributed by atoms with Crippen molar-refractivity contribution >= 4 is 45.2 Å². The normalized spacial score (nSPS) is 23.3. The summed E-state index contributed by atoms with van der Waals surface area (Å²) in [5.41, 5.74) is 2.50. The maximum absolute atomic E-state index is 6.07. The average Bonchev–Trinajstić information content (AvgIpc) is 2.51. The molecular weight excluding hydrogens is 518 g/mol. The molecule has 3 atom stereocenters. The Morgan fingerprint density at radius 3 is 2.70 bits per heavy atom. The Balaban J connectivity index is 1.84. The van der Waals surface area contributed by atoms with Crippen LogP contribution in [0, 0.1) is 25.9 Å². The average molecular weight is 544 g/mol. The third-order valence-electron chi connectivity index (χ3n) is 4.43. The van der Waals surface area contributed by atoms with Crippen LogP contribution in [-0.2, 0) is 20.8 Å². The monoisotopic (exact) mass is 544 g/mol. The molecule has 5 heteroatoms. The molecule has 2 rings (SSSR count). The van der Waals surface area contributed by atoms with Crippen molar-refractivity contribution in [2.24, 2.45) is 11.8 Å². The lowest BCUT2D eigenvalue weighted by atomic mass is 9.90. The summed E-state index contributed by atoms with van der Waals surface area (Å²) in [6.45, 7) is 10.7. The largest absolute Gasteiger partial charge is 0.371 e. The number of hydrogen-bond acceptors (Lipinski definition) is 3. The Morgan fingerprint density at radius 1 is 1.26 bits per heavy atom. The Labute approximate surface area is 167 Å². The summed E-state index contributed by atoms with van der Waals surface area (Å²) in [7, 11) is 0. The summed E-state index contributed by atoms with van der Waals surface area (Å²) in [5.74, 6) is 1.16. The standard InChI is InChI=1S/C18H26I2O3/c1-11(2)13(4)16-5-6-22-17(23-16)10-21-9-14-7-12(3)8-15(19)18(14)20/h7-8,11,13,16-17H,5-6,9-10H2,1-4H3. The SMILES string of the molecule is Cc1cc(I)c(I)c(COCC2OCCC(C(C)C(C)C)O2)c1. The molecule has 0 bridgehead atoms. The van der Waals surface area contributed by atoms with Gasteiger partial charge in [-0.05, 0) is 87.6 Å². The zero-order chi connectivity index (χ0) is 17.0. The second kappa shape index (κ2) is 9.31. The molecule has 0 N–H and O–H groups in total. The van der Waals surface area contributed by atoms with E-state index < -0.39 is 0 Å². The molecular formula is C18H26I2O3. The highest BCUT2D eigenvalue weighted by molar-refractivity contribution is 14.1. The van der Waals surface area contributed by atoms with Gasteiger partial charge in [0.05, 0.1) is 25.9 Å². The van der Waals surface area contributed by atoms with E-state index in [1.807, 2.05) is 0 Å². The topological polar surface area (TPSA) is 27.7 Å². The van der Waals surface area contributed by atoms with E-state index in [0.717, 1.165) is 13.0 Å². The van der Waals surface area contributed by atoms with Crippen LogP contribution in [0.25, 0.3) is 0 Å². The summed E-state index contributed by atoms with van der Waals surface area (Å²) in [4.78, 5) is 0. The molecule has 0 saturated carbocycles. The number of rotatable bonds is 6. The molecule has 0 amide bonds. The molecule has 3 unspecified atom stereocenters. The number of benzene rings is 1. The fourth-order valence-corrected chi connectivity index (χ4v) is 3.99. The van der Waals surface area contributed by atoms with Gasteiger partial charge in [0.2, 0.25) is 0 Å². The van der Waals surface area contributed by atoms with Crippen molar-refractivity contribution in [3.63, 3.8) is 0 Å². The highest BCUT2D eigenvalue weighted by atomic mass is 127. The van der Waals surface area contributed by atoms with E-state index in [-0.39, 0.29) is 12.4 Å². The quantitative estimate of drug-likeness (QED) is 0.465. The second-order valence-corrected chi connectivity index (χ2v) is 8.84. The van der Waals surface area contributed by atoms with Crippen LogP contribution in [0.5, 0.6) is 0 Å². The minimum atomic E-state index is -0.239. The van der Waals surface area contributed by atoms with Crippen LogP contribution >= 0.6 is 45.2 Å². The maximum atomic E-state index is 6.07. The van der Waals surface area contributed by atoms with E-state index in [1.165, 1.54) is 18.3 Å². The molecule has 1 aromatic carbocycles. The first-order valence-corrected chi connectivity index (χ1v) is 10.3. The first-order chi connectivity index (χ1) is 10.9. The van der Waals surface area contributed by atoms with E-state index in [9.17, 15) is 0 Å². The minimum absolute atomic E-state index is 0.239. The molecule has 1 aliphatic heterocycles. The van der Waals surface area contributed by atoms with E-state index in [4.69, 9.17) is 14.2 Å². The van der Waals surface area contributed by atoms with Gasteiger partial charge in [-0.2, -0.15) is 0 Å². The van der Waals surface area contributed by atoms with Crippen LogP contribution in [0.2, 0.25) is 0 Å². The Hall–Kier alpha value is 0.560. The molecule has 1 fully saturated rings. The zero-order valence-corrected chi connectivity index (χ0v) is 18.6. The highest BCUT2D eigenvalue weighted by Gasteiger charge is 2.28. The van der Waals surface area contributed by atoms with E-state index in [0.29, 0.717) is 25.0 Å². The third kappa shape index (κ3) is 5.80. The van der Waals surface area contributed by atoms with Crippen molar-refractivity contribution in [2.75, 3.05) is 13.2 Å². The van der Waals surface area contributed by atoms with Crippen LogP contribution in [0.4, 0.5) is 0 Å². The van der Waals surface area contributed by atoms with Crippen LogP contribution in [-0.4, -0.2) is 25.6 Å². The maximum Gasteiger partial charge on any atom is 0.181 e. The predicted molar refractivity (Wildman–Crippen MR) is 110 cm³/mol. The first kappa shape index (κ1) is 19.9. The van der Waals surface area contributed by atoms with Gasteiger partial charge in [0.25, 0.3) is 0 Å². The van der Waals surface area contributed by atoms with Crippen molar-refractivity contribution in [1.29, 1.82) is 0 Å². The van der Waals surface area contributed by atoms with Crippen molar-refractivity contribution in [2.45, 2.75) is 53.1 Å². The molecule has 1 aromatic rings. The lowest BCUT2D eigenvalue weighted by molar-refractivity contribution is -0.244. The summed E-state index contributed by atoms with van der Waals surface area (Å²) in [6.07, 6.45) is 1.01. The fourth-order valence-electron chi connectivity index (χ4n) is 2.69. The van der Waals surface area contributed by atoms with E-state index in [2.05, 4.69) is 85.0 Å². The molecule has 0 spiro atoms. The van der Waals surface area contributed by atoms with E-state index >= 15 is 0 Å². The van der Waals surface area contributed by atoms with Crippen LogP contribution in [0.1, 0.15) is 38.3 Å². The highest BCUT2D eigenvalue weighted by Crippen LogP contribution is 2.26. The van der Waals surface area contributed by atoms with Gasteiger partial charge in [-0.1, -0.05) is 26.8 Å². The molecule has 0 radical (unpaired) electrons. The predicted octanol–water partition coefficient (Wildman–Crippen LogP) is 5.14. The molecule has 1 aliphatic rings. The van der Waals surface area contributed by atoms with Crippen molar-refractivity contribution in [3.8, 4) is 0 Å². The van der Waals surface area contributed by atoms with E-state index in [1.54, 1.807) is 0 Å². The first-order valence-electron chi connectivity index (χ1n) is 8.17. The van der Waals surface area contributed by atoms with Gasteiger partial charge >= 0.3 is 0 Å². The van der Waals surface area contributed by atoms with Crippen molar-refractivity contribution < 1.29 is 14.2 Å². The lowest BCUT2D eigenvalue weighted by Crippen LogP contribution is -2.39. The molecule has 1 saturated heterocycles. The number of hydrogen-bond donors (Lipinski definition) is 0. The fraction of sp³-hybridized carbons (Fsp3) is 0.667. The summed E-state index contributed by atoms with van der Waals surface area (Å²) >= 11 is 4.76. The smallest absolute Gasteiger partial charge is 0.181 e. The van der Waals surface area contributed by atoms with Crippen molar-refractivity contribution in [1.82, 2.24) is 0 Å². The van der Waals surface area contributed by atoms with Crippen LogP contribution in [0.15, 0.2) is 12.1 Å². The van der Waals surface area contributed by atoms with Gasteiger partial charge in [0, 0.05) is 7.14 Å². The van der Waals surface area contributed by atoms with Gasteiger partial charge in [-0.15, -0.1) is 0 Å². The lowest BCUT2D eigenvalue weighted by Gasteiger charge is -2.35. The van der Waals surface area contributed by atoms with Crippen molar-refractivity contribution in [3.05, 3.63) is 30.4 Å². The van der Waals surface area contributed by atoms with Crippen LogP contribution in [0.3, 0.4) is 0 Å². The van der Waals surface area contributed by atoms with Gasteiger partial charge in [-0.25, -0.2) is 0 Å². The number of halogens is 2. The summed E-state index contributed by atoms with van der Waals surface area (Å²) in [5, 5.41) is 0. The van der Waals surface area contributed by atoms with Gasteiger partial charge < -0.3 is 14.2 Å². The van der Waals surface area contributed by atoms with Gasteiger partial charge in [0.1, 0.15) is 0 Å². The zero-order valence-electron chi connectivity index (χ0n) is 14.3. The Kier molecular flexibility index (Phi) is 8.05. The summed E-state index contributed by atoms with van der Waals surface area (Å²) in [6, 6.07) is 4.38. The van der Waals surface area contributed by atoms with Gasteiger partial charge in [0.15, 0.2) is 6.29 Å². The Morgan fingerprint density at radius 2 is 2.00 bits per heavy atom. The summed E-state index contributed by atoms with van der Waals surface area (Å²) < 4.78 is 20.2. The number of aryl methyl sites for hydroxylation is 1. The molecule has 3 nitrogen and oxygen atoms in total. The molecule has 0 aliphatic carbocycles. The Bertz CT molecular complexity index is 519. The minimum Gasteiger partial charge on any atom is -0.371 e.